The largest absolute Gasteiger partial charge is 0.379 e. The third-order valence-electron chi connectivity index (χ3n) is 8.78. The highest BCUT2D eigenvalue weighted by atomic mass is 19.1. The van der Waals surface area contributed by atoms with Crippen LogP contribution in [-0.2, 0) is 11.2 Å². The van der Waals surface area contributed by atoms with Crippen molar-refractivity contribution < 1.29 is 9.13 Å². The van der Waals surface area contributed by atoms with Crippen LogP contribution in [0, 0.1) is 29.5 Å². The molecule has 31 heavy (non-hydrogen) atoms. The third-order valence-corrected chi connectivity index (χ3v) is 8.78. The lowest BCUT2D eigenvalue weighted by Gasteiger charge is -2.45. The Morgan fingerprint density at radius 2 is 1.58 bits per heavy atom. The summed E-state index contributed by atoms with van der Waals surface area (Å²) < 4.78 is 20.8. The van der Waals surface area contributed by atoms with Crippen LogP contribution in [0.2, 0.25) is 0 Å². The summed E-state index contributed by atoms with van der Waals surface area (Å²) in [7, 11) is 0. The van der Waals surface area contributed by atoms with Gasteiger partial charge < -0.3 is 4.74 Å². The molecule has 0 heterocycles. The van der Waals surface area contributed by atoms with Crippen LogP contribution in [0.5, 0.6) is 0 Å². The molecule has 0 bridgehead atoms. The van der Waals surface area contributed by atoms with Gasteiger partial charge in [0.25, 0.3) is 0 Å². The van der Waals surface area contributed by atoms with Crippen LogP contribution < -0.4 is 0 Å². The second-order valence-corrected chi connectivity index (χ2v) is 10.6. The summed E-state index contributed by atoms with van der Waals surface area (Å²) in [5.41, 5.74) is 2.12. The van der Waals surface area contributed by atoms with Gasteiger partial charge in [-0.1, -0.05) is 24.3 Å². The quantitative estimate of drug-likeness (QED) is 0.399. The predicted molar refractivity (Wildman–Crippen MR) is 128 cm³/mol. The molecule has 3 aliphatic carbocycles. The van der Waals surface area contributed by atoms with Gasteiger partial charge in [-0.25, -0.2) is 4.39 Å². The van der Waals surface area contributed by atoms with Gasteiger partial charge in [0.1, 0.15) is 5.82 Å². The second kappa shape index (κ2) is 11.1. The molecule has 2 heteroatoms. The van der Waals surface area contributed by atoms with E-state index in [1.54, 1.807) is 6.07 Å². The van der Waals surface area contributed by atoms with Gasteiger partial charge in [0, 0.05) is 6.61 Å². The Balaban J connectivity index is 1.29. The second-order valence-electron chi connectivity index (χ2n) is 10.6. The van der Waals surface area contributed by atoms with Gasteiger partial charge in [0.15, 0.2) is 0 Å². The predicted octanol–water partition coefficient (Wildman–Crippen LogP) is 8.23. The van der Waals surface area contributed by atoms with E-state index in [1.807, 2.05) is 6.92 Å². The van der Waals surface area contributed by atoms with E-state index in [1.165, 1.54) is 64.2 Å². The van der Waals surface area contributed by atoms with Crippen molar-refractivity contribution in [1.82, 2.24) is 0 Å². The van der Waals surface area contributed by atoms with Crippen LogP contribution in [-0.4, -0.2) is 12.7 Å². The number of halogens is 1. The van der Waals surface area contributed by atoms with Crippen LogP contribution in [0.3, 0.4) is 0 Å². The first-order valence-electron chi connectivity index (χ1n) is 13.2. The Hall–Kier alpha value is -1.15. The molecule has 0 aromatic heterocycles. The molecule has 0 saturated heterocycles. The topological polar surface area (TPSA) is 9.23 Å². The molecule has 0 N–H and O–H groups in total. The first kappa shape index (κ1) is 23.0. The monoisotopic (exact) mass is 426 g/mol. The fourth-order valence-electron chi connectivity index (χ4n) is 7.07. The van der Waals surface area contributed by atoms with E-state index >= 15 is 0 Å². The van der Waals surface area contributed by atoms with Crippen LogP contribution >= 0.6 is 0 Å². The van der Waals surface area contributed by atoms with Crippen molar-refractivity contribution in [1.29, 1.82) is 0 Å². The zero-order valence-electron chi connectivity index (χ0n) is 19.8. The average Bonchev–Trinajstić information content (AvgIpc) is 2.79. The molecule has 4 rings (SSSR count). The highest BCUT2D eigenvalue weighted by molar-refractivity contribution is 5.28. The van der Waals surface area contributed by atoms with Gasteiger partial charge in [-0.05, 0) is 138 Å². The molecule has 4 unspecified atom stereocenters. The molecule has 0 amide bonds. The number of benzene rings is 1. The Morgan fingerprint density at radius 1 is 0.903 bits per heavy atom. The summed E-state index contributed by atoms with van der Waals surface area (Å²) in [5, 5.41) is 0. The maximum Gasteiger partial charge on any atom is 0.126 e. The summed E-state index contributed by atoms with van der Waals surface area (Å²) >= 11 is 0. The Bertz CT molecular complexity index is 717. The molecule has 4 atom stereocenters. The molecule has 1 nitrogen and oxygen atoms in total. The van der Waals surface area contributed by atoms with Crippen molar-refractivity contribution >= 4 is 0 Å². The smallest absolute Gasteiger partial charge is 0.126 e. The number of fused-ring (bicyclic) bond motifs is 1. The van der Waals surface area contributed by atoms with Gasteiger partial charge in [-0.2, -0.15) is 0 Å². The average molecular weight is 427 g/mol. The first-order chi connectivity index (χ1) is 15.2. The number of allylic oxidation sites excluding steroid dienone is 2. The molecule has 1 aromatic rings. The minimum atomic E-state index is 0.0428. The molecule has 3 fully saturated rings. The maximum atomic E-state index is 14.9. The fraction of sp³-hybridized carbons (Fsp3) is 0.724. The number of hydrogen-bond acceptors (Lipinski definition) is 1. The zero-order chi connectivity index (χ0) is 21.6. The zero-order valence-corrected chi connectivity index (χ0v) is 19.8. The Kier molecular flexibility index (Phi) is 8.26. The summed E-state index contributed by atoms with van der Waals surface area (Å²) in [6.07, 6.45) is 19.9. The van der Waals surface area contributed by atoms with Crippen molar-refractivity contribution in [3.8, 4) is 0 Å². The van der Waals surface area contributed by atoms with Crippen molar-refractivity contribution in [3.63, 3.8) is 0 Å². The molecule has 1 aromatic carbocycles. The van der Waals surface area contributed by atoms with Crippen LogP contribution in [0.15, 0.2) is 30.4 Å². The molecular formula is C29H43FO. The lowest BCUT2D eigenvalue weighted by molar-refractivity contribution is 0.00578. The minimum absolute atomic E-state index is 0.0428. The van der Waals surface area contributed by atoms with E-state index in [2.05, 4.69) is 31.2 Å². The highest BCUT2D eigenvalue weighted by Crippen LogP contribution is 2.50. The Morgan fingerprint density at radius 3 is 2.29 bits per heavy atom. The van der Waals surface area contributed by atoms with E-state index in [4.69, 9.17) is 4.74 Å². The van der Waals surface area contributed by atoms with Gasteiger partial charge in [-0.3, -0.25) is 0 Å². The minimum Gasteiger partial charge on any atom is -0.379 e. The van der Waals surface area contributed by atoms with Gasteiger partial charge >= 0.3 is 0 Å². The number of rotatable bonds is 7. The normalized spacial score (nSPS) is 34.0. The molecule has 3 aliphatic rings. The summed E-state index contributed by atoms with van der Waals surface area (Å²) in [5.74, 6) is 4.06. The van der Waals surface area contributed by atoms with Crippen molar-refractivity contribution in [3.05, 3.63) is 47.3 Å². The summed E-state index contributed by atoms with van der Waals surface area (Å²) in [4.78, 5) is 0. The molecule has 0 aliphatic heterocycles. The van der Waals surface area contributed by atoms with E-state index in [-0.39, 0.29) is 5.82 Å². The Labute approximate surface area is 189 Å². The van der Waals surface area contributed by atoms with E-state index in [0.29, 0.717) is 12.0 Å². The maximum absolute atomic E-state index is 14.9. The van der Waals surface area contributed by atoms with Crippen LogP contribution in [0.25, 0.3) is 0 Å². The van der Waals surface area contributed by atoms with E-state index in [0.717, 1.165) is 54.2 Å². The number of ether oxygens (including phenoxy) is 1. The number of aryl methyl sites for hydroxylation is 1. The molecule has 0 spiro atoms. The molecule has 0 radical (unpaired) electrons. The van der Waals surface area contributed by atoms with Crippen molar-refractivity contribution in [2.45, 2.75) is 103 Å². The molecule has 172 valence electrons. The van der Waals surface area contributed by atoms with Gasteiger partial charge in [0.05, 0.1) is 6.10 Å². The lowest BCUT2D eigenvalue weighted by Crippen LogP contribution is -2.35. The lowest BCUT2D eigenvalue weighted by atomic mass is 9.60. The fourth-order valence-corrected chi connectivity index (χ4v) is 7.07. The van der Waals surface area contributed by atoms with Crippen molar-refractivity contribution in [2.75, 3.05) is 6.61 Å². The van der Waals surface area contributed by atoms with Gasteiger partial charge in [0.2, 0.25) is 0 Å². The molecular weight excluding hydrogens is 383 g/mol. The number of hydrogen-bond donors (Lipinski definition) is 0. The van der Waals surface area contributed by atoms with Crippen LogP contribution in [0.4, 0.5) is 4.39 Å². The van der Waals surface area contributed by atoms with Crippen molar-refractivity contribution in [2.24, 2.45) is 23.7 Å². The van der Waals surface area contributed by atoms with E-state index in [9.17, 15) is 4.39 Å². The summed E-state index contributed by atoms with van der Waals surface area (Å²) in [6.45, 7) is 5.03. The summed E-state index contributed by atoms with van der Waals surface area (Å²) in [6, 6.07) is 6.08. The SMILES string of the molecule is C/C=C/CCc1ccc(C2CCC3CC(C4CCC(OCC)CC4)CCC3C2)c(F)c1. The third kappa shape index (κ3) is 5.81. The van der Waals surface area contributed by atoms with Gasteiger partial charge in [-0.15, -0.1) is 0 Å². The first-order valence-corrected chi connectivity index (χ1v) is 13.2. The van der Waals surface area contributed by atoms with E-state index < -0.39 is 0 Å². The highest BCUT2D eigenvalue weighted by Gasteiger charge is 2.39. The standard InChI is InChI=1S/C29H43FO/c1-3-5-6-7-21-8-17-28(29(30)18-21)26-12-11-24-19-23(9-10-25(24)20-26)22-13-15-27(16-14-22)31-4-2/h3,5,8,17-18,22-27H,4,6-7,9-16,19-20H2,1-2H3/b5-3+. The molecule has 3 saturated carbocycles. The van der Waals surface area contributed by atoms with Crippen LogP contribution in [0.1, 0.15) is 102 Å².